The van der Waals surface area contributed by atoms with Gasteiger partial charge in [-0.05, 0) is 41.3 Å². The van der Waals surface area contributed by atoms with Gasteiger partial charge in [0.1, 0.15) is 5.82 Å². The average molecular weight is 351 g/mol. The zero-order valence-corrected chi connectivity index (χ0v) is 14.6. The highest BCUT2D eigenvalue weighted by molar-refractivity contribution is 6.30. The van der Waals surface area contributed by atoms with E-state index in [9.17, 15) is 0 Å². The molecule has 0 saturated carbocycles. The van der Waals surface area contributed by atoms with E-state index in [0.29, 0.717) is 12.5 Å². The van der Waals surface area contributed by atoms with Gasteiger partial charge in [-0.15, -0.1) is 0 Å². The van der Waals surface area contributed by atoms with E-state index >= 15 is 0 Å². The molecular weight excluding hydrogens is 332 g/mol. The maximum atomic E-state index is 5.92. The van der Waals surface area contributed by atoms with Gasteiger partial charge in [-0.2, -0.15) is 4.98 Å². The number of nitrogens with one attached hydrogen (secondary N) is 1. The Hall–Kier alpha value is -2.59. The van der Waals surface area contributed by atoms with E-state index in [4.69, 9.17) is 11.6 Å². The summed E-state index contributed by atoms with van der Waals surface area (Å²) < 4.78 is 0. The third-order valence-electron chi connectivity index (χ3n) is 4.46. The van der Waals surface area contributed by atoms with Gasteiger partial charge in [0, 0.05) is 30.9 Å². The summed E-state index contributed by atoms with van der Waals surface area (Å²) in [7, 11) is 0. The van der Waals surface area contributed by atoms with Crippen molar-refractivity contribution in [3.63, 3.8) is 0 Å². The van der Waals surface area contributed by atoms with Crippen LogP contribution in [0.3, 0.4) is 0 Å². The van der Waals surface area contributed by atoms with Crippen LogP contribution in [0.15, 0.2) is 60.8 Å². The molecule has 0 saturated heterocycles. The van der Waals surface area contributed by atoms with E-state index in [2.05, 4.69) is 44.5 Å². The number of aromatic nitrogens is 2. The number of benzene rings is 2. The van der Waals surface area contributed by atoms with Crippen molar-refractivity contribution in [3.05, 3.63) is 82.5 Å². The Bertz CT molecular complexity index is 864. The Balaban J connectivity index is 1.45. The number of fused-ring (bicyclic) bond motifs is 1. The van der Waals surface area contributed by atoms with Crippen molar-refractivity contribution >= 4 is 23.4 Å². The minimum Gasteiger partial charge on any atom is -0.352 e. The fourth-order valence-corrected chi connectivity index (χ4v) is 3.21. The molecule has 0 fully saturated rings. The second kappa shape index (κ2) is 7.11. The molecule has 2 heterocycles. The monoisotopic (exact) mass is 350 g/mol. The molecule has 126 valence electrons. The van der Waals surface area contributed by atoms with Gasteiger partial charge in [0.25, 0.3) is 0 Å². The van der Waals surface area contributed by atoms with Crippen molar-refractivity contribution in [1.29, 1.82) is 0 Å². The number of anilines is 2. The van der Waals surface area contributed by atoms with E-state index in [1.165, 1.54) is 11.1 Å². The molecule has 0 bridgehead atoms. The summed E-state index contributed by atoms with van der Waals surface area (Å²) >= 11 is 5.92. The van der Waals surface area contributed by atoms with Crippen molar-refractivity contribution < 1.29 is 0 Å². The van der Waals surface area contributed by atoms with Crippen LogP contribution < -0.4 is 10.2 Å². The molecule has 0 amide bonds. The fraction of sp³-hybridized carbons (Fsp3) is 0.200. The number of halogens is 1. The van der Waals surface area contributed by atoms with E-state index in [1.54, 1.807) is 0 Å². The van der Waals surface area contributed by atoms with Crippen LogP contribution in [-0.2, 0) is 19.5 Å². The molecule has 0 spiro atoms. The molecule has 0 aliphatic carbocycles. The summed E-state index contributed by atoms with van der Waals surface area (Å²) in [6.07, 6.45) is 2.86. The summed E-state index contributed by atoms with van der Waals surface area (Å²) in [6, 6.07) is 18.4. The summed E-state index contributed by atoms with van der Waals surface area (Å²) in [4.78, 5) is 11.3. The number of nitrogens with zero attached hydrogens (tertiary/aromatic N) is 3. The number of hydrogen-bond donors (Lipinski definition) is 1. The first-order chi connectivity index (χ1) is 12.3. The van der Waals surface area contributed by atoms with Gasteiger partial charge >= 0.3 is 0 Å². The second-order valence-corrected chi connectivity index (χ2v) is 6.60. The predicted molar refractivity (Wildman–Crippen MR) is 102 cm³/mol. The average Bonchev–Trinajstić information content (AvgIpc) is 2.67. The molecule has 1 aliphatic rings. The van der Waals surface area contributed by atoms with E-state index in [1.807, 2.05) is 36.5 Å². The molecule has 4 rings (SSSR count). The smallest absolute Gasteiger partial charge is 0.224 e. The number of rotatable bonds is 4. The van der Waals surface area contributed by atoms with Crippen molar-refractivity contribution in [2.45, 2.75) is 19.5 Å². The minimum absolute atomic E-state index is 0.645. The van der Waals surface area contributed by atoms with Gasteiger partial charge < -0.3 is 10.2 Å². The lowest BCUT2D eigenvalue weighted by atomic mass is 10.00. The van der Waals surface area contributed by atoms with Crippen molar-refractivity contribution in [2.24, 2.45) is 0 Å². The van der Waals surface area contributed by atoms with Crippen LogP contribution in [-0.4, -0.2) is 16.5 Å². The molecule has 25 heavy (non-hydrogen) atoms. The van der Waals surface area contributed by atoms with Crippen LogP contribution in [0.5, 0.6) is 0 Å². The fourth-order valence-electron chi connectivity index (χ4n) is 3.09. The Morgan fingerprint density at radius 1 is 1.00 bits per heavy atom. The lowest BCUT2D eigenvalue weighted by Crippen LogP contribution is -2.31. The summed E-state index contributed by atoms with van der Waals surface area (Å²) in [5.41, 5.74) is 3.96. The lowest BCUT2D eigenvalue weighted by Gasteiger charge is -2.29. The normalized spacial score (nSPS) is 13.4. The molecule has 2 aromatic carbocycles. The Morgan fingerprint density at radius 3 is 2.64 bits per heavy atom. The molecule has 0 atom stereocenters. The van der Waals surface area contributed by atoms with Gasteiger partial charge in [0.2, 0.25) is 5.95 Å². The minimum atomic E-state index is 0.645. The maximum absolute atomic E-state index is 5.92. The zero-order chi connectivity index (χ0) is 17.1. The molecule has 1 aliphatic heterocycles. The van der Waals surface area contributed by atoms with E-state index in [-0.39, 0.29) is 0 Å². The predicted octanol–water partition coefficient (Wildman–Crippen LogP) is 4.30. The summed E-state index contributed by atoms with van der Waals surface area (Å²) in [5.74, 6) is 1.61. The van der Waals surface area contributed by atoms with Crippen LogP contribution in [0.25, 0.3) is 0 Å². The first kappa shape index (κ1) is 15.9. The van der Waals surface area contributed by atoms with Crippen LogP contribution in [0.2, 0.25) is 5.02 Å². The quantitative estimate of drug-likeness (QED) is 0.761. The molecule has 1 aromatic heterocycles. The van der Waals surface area contributed by atoms with Crippen molar-refractivity contribution in [3.8, 4) is 0 Å². The standard InChI is InChI=1S/C20H19ClN4/c21-18-7-5-15(6-8-18)13-23-20-22-11-9-19(24-20)25-12-10-16-3-1-2-4-17(16)14-25/h1-9,11H,10,12-14H2,(H,22,23,24). The highest BCUT2D eigenvalue weighted by atomic mass is 35.5. The molecule has 4 nitrogen and oxygen atoms in total. The van der Waals surface area contributed by atoms with Gasteiger partial charge in [-0.3, -0.25) is 0 Å². The molecule has 5 heteroatoms. The van der Waals surface area contributed by atoms with Crippen LogP contribution in [0.4, 0.5) is 11.8 Å². The second-order valence-electron chi connectivity index (χ2n) is 6.16. The highest BCUT2D eigenvalue weighted by Gasteiger charge is 2.17. The van der Waals surface area contributed by atoms with Gasteiger partial charge in [0.05, 0.1) is 0 Å². The molecule has 0 unspecified atom stereocenters. The van der Waals surface area contributed by atoms with Gasteiger partial charge in [0.15, 0.2) is 0 Å². The number of hydrogen-bond acceptors (Lipinski definition) is 4. The molecule has 0 radical (unpaired) electrons. The van der Waals surface area contributed by atoms with Gasteiger partial charge in [-0.1, -0.05) is 48.0 Å². The Labute approximate surface area is 152 Å². The zero-order valence-electron chi connectivity index (χ0n) is 13.8. The maximum Gasteiger partial charge on any atom is 0.224 e. The van der Waals surface area contributed by atoms with Crippen LogP contribution >= 0.6 is 11.6 Å². The Kier molecular flexibility index (Phi) is 4.53. The summed E-state index contributed by atoms with van der Waals surface area (Å²) in [5, 5.41) is 4.03. The topological polar surface area (TPSA) is 41.1 Å². The molecule has 1 N–H and O–H groups in total. The third-order valence-corrected chi connectivity index (χ3v) is 4.71. The van der Waals surface area contributed by atoms with Crippen molar-refractivity contribution in [2.75, 3.05) is 16.8 Å². The first-order valence-electron chi connectivity index (χ1n) is 8.41. The molecule has 3 aromatic rings. The third kappa shape index (κ3) is 3.74. The largest absolute Gasteiger partial charge is 0.352 e. The van der Waals surface area contributed by atoms with Crippen LogP contribution in [0.1, 0.15) is 16.7 Å². The lowest BCUT2D eigenvalue weighted by molar-refractivity contribution is 0.719. The van der Waals surface area contributed by atoms with Gasteiger partial charge in [-0.25, -0.2) is 4.98 Å². The first-order valence-corrected chi connectivity index (χ1v) is 8.79. The highest BCUT2D eigenvalue weighted by Crippen LogP contribution is 2.23. The van der Waals surface area contributed by atoms with Crippen LogP contribution in [0, 0.1) is 0 Å². The van der Waals surface area contributed by atoms with E-state index < -0.39 is 0 Å². The molecular formula is C20H19ClN4. The SMILES string of the molecule is Clc1ccc(CNc2nccc(N3CCc4ccccc4C3)n2)cc1. The Morgan fingerprint density at radius 2 is 1.80 bits per heavy atom. The van der Waals surface area contributed by atoms with E-state index in [0.717, 1.165) is 35.9 Å². The summed E-state index contributed by atoms with van der Waals surface area (Å²) in [6.45, 7) is 2.54. The van der Waals surface area contributed by atoms with Crippen molar-refractivity contribution in [1.82, 2.24) is 9.97 Å².